The van der Waals surface area contributed by atoms with Gasteiger partial charge in [0.1, 0.15) is 5.82 Å². The molecular formula is C15H18ClN3. The van der Waals surface area contributed by atoms with Gasteiger partial charge in [-0.2, -0.15) is 0 Å². The summed E-state index contributed by atoms with van der Waals surface area (Å²) in [4.78, 5) is 9.16. The number of hydrogen-bond donors (Lipinski definition) is 1. The van der Waals surface area contributed by atoms with Crippen LogP contribution in [0.1, 0.15) is 32.4 Å². The van der Waals surface area contributed by atoms with Crippen LogP contribution in [-0.2, 0) is 0 Å². The van der Waals surface area contributed by atoms with Crippen LogP contribution in [0.25, 0.3) is 11.4 Å². The topological polar surface area (TPSA) is 37.8 Å². The molecule has 0 aliphatic heterocycles. The molecule has 0 amide bonds. The zero-order valence-electron chi connectivity index (χ0n) is 11.4. The molecule has 3 nitrogen and oxygen atoms in total. The lowest BCUT2D eigenvalue weighted by atomic mass is 10.1. The first-order chi connectivity index (χ1) is 9.10. The highest BCUT2D eigenvalue weighted by molar-refractivity contribution is 6.30. The Hall–Kier alpha value is -1.61. The van der Waals surface area contributed by atoms with E-state index in [1.807, 2.05) is 30.3 Å². The first-order valence-electron chi connectivity index (χ1n) is 6.49. The normalized spacial score (nSPS) is 10.8. The van der Waals surface area contributed by atoms with Crippen LogP contribution in [0, 0.1) is 0 Å². The van der Waals surface area contributed by atoms with E-state index in [4.69, 9.17) is 11.6 Å². The average Bonchev–Trinajstić information content (AvgIpc) is 2.39. The molecule has 0 saturated heterocycles. The van der Waals surface area contributed by atoms with Crippen molar-refractivity contribution in [3.63, 3.8) is 0 Å². The number of hydrogen-bond acceptors (Lipinski definition) is 3. The summed E-state index contributed by atoms with van der Waals surface area (Å²) in [5, 5.41) is 3.97. The van der Waals surface area contributed by atoms with Gasteiger partial charge in [0, 0.05) is 28.9 Å². The minimum Gasteiger partial charge on any atom is -0.370 e. The van der Waals surface area contributed by atoms with Crippen molar-refractivity contribution < 1.29 is 0 Å². The zero-order chi connectivity index (χ0) is 13.8. The molecule has 19 heavy (non-hydrogen) atoms. The van der Waals surface area contributed by atoms with Crippen molar-refractivity contribution in [2.24, 2.45) is 0 Å². The van der Waals surface area contributed by atoms with E-state index in [2.05, 4.69) is 36.1 Å². The minimum atomic E-state index is 0.367. The fraction of sp³-hybridized carbons (Fsp3) is 0.333. The lowest BCUT2D eigenvalue weighted by molar-refractivity contribution is 0.817. The van der Waals surface area contributed by atoms with Crippen LogP contribution in [0.2, 0.25) is 5.02 Å². The summed E-state index contributed by atoms with van der Waals surface area (Å²) in [6.07, 6.45) is 0. The summed E-state index contributed by atoms with van der Waals surface area (Å²) >= 11 is 5.91. The second-order valence-electron chi connectivity index (χ2n) is 4.69. The molecule has 0 aliphatic carbocycles. The van der Waals surface area contributed by atoms with Crippen molar-refractivity contribution in [1.82, 2.24) is 9.97 Å². The first-order valence-corrected chi connectivity index (χ1v) is 6.86. The maximum atomic E-state index is 5.91. The van der Waals surface area contributed by atoms with Crippen molar-refractivity contribution in [3.8, 4) is 11.4 Å². The van der Waals surface area contributed by atoms with E-state index in [1.54, 1.807) is 0 Å². The number of rotatable bonds is 4. The van der Waals surface area contributed by atoms with Crippen molar-refractivity contribution in [1.29, 1.82) is 0 Å². The fourth-order valence-corrected chi connectivity index (χ4v) is 1.89. The molecule has 0 aliphatic rings. The molecule has 0 radical (unpaired) electrons. The molecule has 0 atom stereocenters. The molecule has 0 bridgehead atoms. The van der Waals surface area contributed by atoms with Crippen molar-refractivity contribution >= 4 is 17.4 Å². The summed E-state index contributed by atoms with van der Waals surface area (Å²) < 4.78 is 0. The van der Waals surface area contributed by atoms with Gasteiger partial charge < -0.3 is 5.32 Å². The second kappa shape index (κ2) is 6.02. The summed E-state index contributed by atoms with van der Waals surface area (Å²) in [6.45, 7) is 7.15. The lowest BCUT2D eigenvalue weighted by Crippen LogP contribution is -2.05. The lowest BCUT2D eigenvalue weighted by Gasteiger charge is -2.11. The number of aromatic nitrogens is 2. The maximum Gasteiger partial charge on any atom is 0.161 e. The van der Waals surface area contributed by atoms with Gasteiger partial charge in [-0.1, -0.05) is 25.4 Å². The van der Waals surface area contributed by atoms with Gasteiger partial charge in [0.2, 0.25) is 0 Å². The summed E-state index contributed by atoms with van der Waals surface area (Å²) in [6, 6.07) is 9.60. The maximum absolute atomic E-state index is 5.91. The Morgan fingerprint density at radius 2 is 1.84 bits per heavy atom. The summed E-state index contributed by atoms with van der Waals surface area (Å²) in [5.74, 6) is 1.97. The molecule has 1 heterocycles. The monoisotopic (exact) mass is 275 g/mol. The Balaban J connectivity index is 2.46. The predicted molar refractivity (Wildman–Crippen MR) is 80.7 cm³/mol. The number of nitrogens with one attached hydrogen (secondary N) is 1. The smallest absolute Gasteiger partial charge is 0.161 e. The van der Waals surface area contributed by atoms with E-state index in [0.717, 1.165) is 34.5 Å². The third-order valence-electron chi connectivity index (χ3n) is 2.80. The first kappa shape index (κ1) is 13.8. The molecule has 1 N–H and O–H groups in total. The minimum absolute atomic E-state index is 0.367. The summed E-state index contributed by atoms with van der Waals surface area (Å²) in [7, 11) is 0. The highest BCUT2D eigenvalue weighted by atomic mass is 35.5. The highest BCUT2D eigenvalue weighted by Crippen LogP contribution is 2.23. The third kappa shape index (κ3) is 3.44. The van der Waals surface area contributed by atoms with E-state index < -0.39 is 0 Å². The Morgan fingerprint density at radius 3 is 2.42 bits per heavy atom. The molecule has 0 unspecified atom stereocenters. The van der Waals surface area contributed by atoms with Gasteiger partial charge in [0.15, 0.2) is 5.82 Å². The molecule has 0 fully saturated rings. The largest absolute Gasteiger partial charge is 0.370 e. The molecule has 1 aromatic carbocycles. The fourth-order valence-electron chi connectivity index (χ4n) is 1.76. The van der Waals surface area contributed by atoms with Gasteiger partial charge >= 0.3 is 0 Å². The summed E-state index contributed by atoms with van der Waals surface area (Å²) in [5.41, 5.74) is 2.02. The third-order valence-corrected chi connectivity index (χ3v) is 3.05. The molecule has 0 saturated carbocycles. The Bertz CT molecular complexity index is 550. The molecule has 2 aromatic rings. The van der Waals surface area contributed by atoms with Crippen LogP contribution in [0.3, 0.4) is 0 Å². The quantitative estimate of drug-likeness (QED) is 0.901. The van der Waals surface area contributed by atoms with Crippen LogP contribution in [0.15, 0.2) is 30.3 Å². The molecule has 0 spiro atoms. The van der Waals surface area contributed by atoms with Crippen LogP contribution in [-0.4, -0.2) is 16.5 Å². The van der Waals surface area contributed by atoms with Crippen LogP contribution in [0.5, 0.6) is 0 Å². The van der Waals surface area contributed by atoms with Gasteiger partial charge in [-0.05, 0) is 37.1 Å². The van der Waals surface area contributed by atoms with Gasteiger partial charge in [-0.15, -0.1) is 0 Å². The Labute approximate surface area is 119 Å². The van der Waals surface area contributed by atoms with Crippen molar-refractivity contribution in [2.45, 2.75) is 26.7 Å². The highest BCUT2D eigenvalue weighted by Gasteiger charge is 2.09. The second-order valence-corrected chi connectivity index (χ2v) is 5.13. The number of halogens is 1. The van der Waals surface area contributed by atoms with Gasteiger partial charge in [-0.25, -0.2) is 9.97 Å². The standard InChI is InChI=1S/C15H18ClN3/c1-4-17-14-9-13(10(2)3)18-15(19-14)11-5-7-12(16)8-6-11/h5-10H,4H2,1-3H3,(H,17,18,19). The Kier molecular flexibility index (Phi) is 4.38. The van der Waals surface area contributed by atoms with E-state index >= 15 is 0 Å². The van der Waals surface area contributed by atoms with Crippen molar-refractivity contribution in [2.75, 3.05) is 11.9 Å². The van der Waals surface area contributed by atoms with Crippen molar-refractivity contribution in [3.05, 3.63) is 41.0 Å². The van der Waals surface area contributed by atoms with E-state index in [9.17, 15) is 0 Å². The van der Waals surface area contributed by atoms with Gasteiger partial charge in [0.25, 0.3) is 0 Å². The van der Waals surface area contributed by atoms with Crippen LogP contribution < -0.4 is 5.32 Å². The number of anilines is 1. The number of benzene rings is 1. The predicted octanol–water partition coefficient (Wildman–Crippen LogP) is 4.35. The van der Waals surface area contributed by atoms with E-state index in [1.165, 1.54) is 0 Å². The Morgan fingerprint density at radius 1 is 1.16 bits per heavy atom. The van der Waals surface area contributed by atoms with Crippen LogP contribution >= 0.6 is 11.6 Å². The van der Waals surface area contributed by atoms with Gasteiger partial charge in [0.05, 0.1) is 0 Å². The number of nitrogens with zero attached hydrogens (tertiary/aromatic N) is 2. The molecule has 1 aromatic heterocycles. The van der Waals surface area contributed by atoms with Crippen LogP contribution in [0.4, 0.5) is 5.82 Å². The molecule has 2 rings (SSSR count). The SMILES string of the molecule is CCNc1cc(C(C)C)nc(-c2ccc(Cl)cc2)n1. The van der Waals surface area contributed by atoms with E-state index in [0.29, 0.717) is 5.92 Å². The van der Waals surface area contributed by atoms with Gasteiger partial charge in [-0.3, -0.25) is 0 Å². The average molecular weight is 276 g/mol. The molecular weight excluding hydrogens is 258 g/mol. The molecule has 100 valence electrons. The zero-order valence-corrected chi connectivity index (χ0v) is 12.2. The van der Waals surface area contributed by atoms with E-state index in [-0.39, 0.29) is 0 Å². The molecule has 4 heteroatoms.